The molecule has 7 heteroatoms. The molecule has 1 heterocycles. The Balaban J connectivity index is 1.61. The number of aliphatic imine (C=N–C) groups is 1. The van der Waals surface area contributed by atoms with Crippen LogP contribution in [-0.2, 0) is 19.4 Å². The molecule has 2 aromatic carbocycles. The molecule has 0 fully saturated rings. The fourth-order valence-corrected chi connectivity index (χ4v) is 3.16. The summed E-state index contributed by atoms with van der Waals surface area (Å²) in [5.41, 5.74) is 2.25. The third-order valence-electron chi connectivity index (χ3n) is 4.89. The van der Waals surface area contributed by atoms with E-state index >= 15 is 0 Å². The summed E-state index contributed by atoms with van der Waals surface area (Å²) in [4.78, 5) is 4.73. The second kappa shape index (κ2) is 11.1. The molecule has 158 valence electrons. The van der Waals surface area contributed by atoms with Crippen molar-refractivity contribution < 1.29 is 4.39 Å². The molecule has 3 rings (SSSR count). The van der Waals surface area contributed by atoms with Crippen molar-refractivity contribution in [3.63, 3.8) is 0 Å². The number of nitrogens with one attached hydrogen (secondary N) is 2. The van der Waals surface area contributed by atoms with E-state index in [1.165, 1.54) is 17.7 Å². The van der Waals surface area contributed by atoms with Crippen LogP contribution in [0, 0.1) is 5.82 Å². The third-order valence-corrected chi connectivity index (χ3v) is 4.89. The van der Waals surface area contributed by atoms with Crippen LogP contribution in [0.15, 0.2) is 65.9 Å². The summed E-state index contributed by atoms with van der Waals surface area (Å²) >= 11 is 0. The normalized spacial score (nSPS) is 12.6. The number of aryl methyl sites for hydroxylation is 1. The fourth-order valence-electron chi connectivity index (χ4n) is 3.16. The Bertz CT molecular complexity index is 920. The molecule has 0 amide bonds. The van der Waals surface area contributed by atoms with Gasteiger partial charge in [0.25, 0.3) is 0 Å². The van der Waals surface area contributed by atoms with Crippen molar-refractivity contribution in [2.24, 2.45) is 4.99 Å². The summed E-state index contributed by atoms with van der Waals surface area (Å²) in [5, 5.41) is 15.0. The summed E-state index contributed by atoms with van der Waals surface area (Å²) < 4.78 is 15.1. The van der Waals surface area contributed by atoms with Gasteiger partial charge in [0.2, 0.25) is 0 Å². The second-order valence-corrected chi connectivity index (χ2v) is 7.10. The van der Waals surface area contributed by atoms with Crippen LogP contribution < -0.4 is 10.6 Å². The van der Waals surface area contributed by atoms with Crippen LogP contribution in [0.25, 0.3) is 0 Å². The van der Waals surface area contributed by atoms with Gasteiger partial charge in [0.05, 0.1) is 6.04 Å². The van der Waals surface area contributed by atoms with E-state index in [4.69, 9.17) is 4.99 Å². The van der Waals surface area contributed by atoms with Crippen molar-refractivity contribution in [1.82, 2.24) is 25.4 Å². The van der Waals surface area contributed by atoms with E-state index in [0.29, 0.717) is 13.1 Å². The fraction of sp³-hybridized carbons (Fsp3) is 0.348. The number of halogens is 1. The van der Waals surface area contributed by atoms with E-state index in [1.807, 2.05) is 22.8 Å². The van der Waals surface area contributed by atoms with Crippen molar-refractivity contribution in [3.8, 4) is 0 Å². The Hall–Kier alpha value is -3.22. The zero-order valence-electron chi connectivity index (χ0n) is 17.6. The first-order chi connectivity index (χ1) is 14.7. The van der Waals surface area contributed by atoms with Crippen LogP contribution in [0.1, 0.15) is 36.8 Å². The SMILES string of the molecule is CCc1nncn1CCNC(=NCCc1ccc(F)cc1)NC(C)c1ccccc1. The molecule has 1 unspecified atom stereocenters. The van der Waals surface area contributed by atoms with Gasteiger partial charge in [-0.25, -0.2) is 4.39 Å². The average molecular weight is 409 g/mol. The highest BCUT2D eigenvalue weighted by molar-refractivity contribution is 5.80. The molecule has 30 heavy (non-hydrogen) atoms. The van der Waals surface area contributed by atoms with Gasteiger partial charge in [-0.05, 0) is 36.6 Å². The highest BCUT2D eigenvalue weighted by Gasteiger charge is 2.08. The van der Waals surface area contributed by atoms with Gasteiger partial charge in [0.15, 0.2) is 5.96 Å². The molecule has 0 spiro atoms. The maximum atomic E-state index is 13.1. The molecule has 6 nitrogen and oxygen atoms in total. The summed E-state index contributed by atoms with van der Waals surface area (Å²) in [6.45, 7) is 6.25. The number of aromatic nitrogens is 3. The Kier molecular flexibility index (Phi) is 7.94. The molecule has 0 aliphatic carbocycles. The molecule has 0 saturated carbocycles. The molecule has 2 N–H and O–H groups in total. The number of benzene rings is 2. The molecule has 1 atom stereocenters. The minimum absolute atomic E-state index is 0.115. The minimum atomic E-state index is -0.219. The van der Waals surface area contributed by atoms with E-state index in [1.54, 1.807) is 18.5 Å². The van der Waals surface area contributed by atoms with Gasteiger partial charge in [-0.1, -0.05) is 49.4 Å². The van der Waals surface area contributed by atoms with Crippen LogP contribution in [0.2, 0.25) is 0 Å². The lowest BCUT2D eigenvalue weighted by Gasteiger charge is -2.19. The van der Waals surface area contributed by atoms with Crippen molar-refractivity contribution in [1.29, 1.82) is 0 Å². The Labute approximate surface area is 177 Å². The maximum absolute atomic E-state index is 13.1. The van der Waals surface area contributed by atoms with Gasteiger partial charge < -0.3 is 15.2 Å². The first-order valence-electron chi connectivity index (χ1n) is 10.4. The average Bonchev–Trinajstić information content (AvgIpc) is 3.23. The maximum Gasteiger partial charge on any atom is 0.191 e. The largest absolute Gasteiger partial charge is 0.355 e. The summed E-state index contributed by atoms with van der Waals surface area (Å²) in [6, 6.07) is 17.0. The topological polar surface area (TPSA) is 67.1 Å². The molecule has 0 saturated heterocycles. The van der Waals surface area contributed by atoms with E-state index in [-0.39, 0.29) is 11.9 Å². The Morgan fingerprint density at radius 2 is 1.90 bits per heavy atom. The van der Waals surface area contributed by atoms with Gasteiger partial charge in [-0.2, -0.15) is 0 Å². The zero-order chi connectivity index (χ0) is 21.2. The number of nitrogens with zero attached hydrogens (tertiary/aromatic N) is 4. The summed E-state index contributed by atoms with van der Waals surface area (Å²) in [7, 11) is 0. The lowest BCUT2D eigenvalue weighted by Crippen LogP contribution is -2.40. The van der Waals surface area contributed by atoms with Crippen LogP contribution in [0.5, 0.6) is 0 Å². The van der Waals surface area contributed by atoms with Gasteiger partial charge in [-0.15, -0.1) is 10.2 Å². The van der Waals surface area contributed by atoms with Gasteiger partial charge in [0.1, 0.15) is 18.0 Å². The number of hydrogen-bond donors (Lipinski definition) is 2. The van der Waals surface area contributed by atoms with Crippen molar-refractivity contribution >= 4 is 5.96 Å². The first kappa shape index (κ1) is 21.5. The van der Waals surface area contributed by atoms with Crippen LogP contribution in [0.3, 0.4) is 0 Å². The Morgan fingerprint density at radius 1 is 1.13 bits per heavy atom. The molecule has 3 aromatic rings. The van der Waals surface area contributed by atoms with Gasteiger partial charge in [0, 0.05) is 26.1 Å². The quantitative estimate of drug-likeness (QED) is 0.420. The zero-order valence-corrected chi connectivity index (χ0v) is 17.6. The lowest BCUT2D eigenvalue weighted by molar-refractivity contribution is 0.618. The molecule has 0 bridgehead atoms. The second-order valence-electron chi connectivity index (χ2n) is 7.10. The Morgan fingerprint density at radius 3 is 2.63 bits per heavy atom. The summed E-state index contributed by atoms with van der Waals surface area (Å²) in [6.07, 6.45) is 3.35. The van der Waals surface area contributed by atoms with Crippen LogP contribution in [-0.4, -0.2) is 33.8 Å². The van der Waals surface area contributed by atoms with Crippen molar-refractivity contribution in [2.45, 2.75) is 39.3 Å². The van der Waals surface area contributed by atoms with E-state index in [9.17, 15) is 4.39 Å². The predicted octanol–water partition coefficient (Wildman–Crippen LogP) is 3.52. The van der Waals surface area contributed by atoms with E-state index in [2.05, 4.69) is 46.8 Å². The highest BCUT2D eigenvalue weighted by Crippen LogP contribution is 2.11. The van der Waals surface area contributed by atoms with Crippen LogP contribution >= 0.6 is 0 Å². The monoisotopic (exact) mass is 408 g/mol. The lowest BCUT2D eigenvalue weighted by atomic mass is 10.1. The smallest absolute Gasteiger partial charge is 0.191 e. The number of hydrogen-bond acceptors (Lipinski definition) is 3. The molecular formula is C23H29FN6. The van der Waals surface area contributed by atoms with E-state index < -0.39 is 0 Å². The minimum Gasteiger partial charge on any atom is -0.355 e. The molecule has 0 radical (unpaired) electrons. The van der Waals surface area contributed by atoms with Crippen molar-refractivity contribution in [3.05, 3.63) is 83.7 Å². The van der Waals surface area contributed by atoms with Crippen molar-refractivity contribution in [2.75, 3.05) is 13.1 Å². The van der Waals surface area contributed by atoms with Crippen LogP contribution in [0.4, 0.5) is 4.39 Å². The number of guanidine groups is 1. The molecule has 1 aromatic heterocycles. The third kappa shape index (κ3) is 6.40. The molecule has 0 aliphatic heterocycles. The first-order valence-corrected chi connectivity index (χ1v) is 10.4. The van der Waals surface area contributed by atoms with Gasteiger partial charge in [-0.3, -0.25) is 4.99 Å². The summed E-state index contributed by atoms with van der Waals surface area (Å²) in [5.74, 6) is 1.50. The van der Waals surface area contributed by atoms with E-state index in [0.717, 1.165) is 36.7 Å². The number of rotatable bonds is 9. The highest BCUT2D eigenvalue weighted by atomic mass is 19.1. The predicted molar refractivity (Wildman–Crippen MR) is 118 cm³/mol. The van der Waals surface area contributed by atoms with Gasteiger partial charge >= 0.3 is 0 Å². The molecular weight excluding hydrogens is 379 g/mol. The molecule has 0 aliphatic rings. The standard InChI is InChI=1S/C23H29FN6/c1-3-22-29-27-17-30(22)16-15-26-23(28-18(2)20-7-5-4-6-8-20)25-14-13-19-9-11-21(24)12-10-19/h4-12,17-18H,3,13-16H2,1-2H3,(H2,25,26,28).